The number of carboxylic acids is 1. The van der Waals surface area contributed by atoms with Crippen molar-refractivity contribution in [2.75, 3.05) is 0 Å². The summed E-state index contributed by atoms with van der Waals surface area (Å²) in [5.74, 6) is -0.905. The second kappa shape index (κ2) is 18.9. The minimum Gasteiger partial charge on any atom is -0.550 e. The quantitative estimate of drug-likeness (QED) is 0.285. The summed E-state index contributed by atoms with van der Waals surface area (Å²) in [6, 6.07) is 20.8. The number of carbonyl (C=O) groups excluding carboxylic acids is 1. The SMILES string of the molecule is CCCCCCCCCCCCCCCC(=O)[O-].c1ccc(-c2ccccc2)cc1. The zero-order valence-corrected chi connectivity index (χ0v) is 19.0. The van der Waals surface area contributed by atoms with E-state index in [9.17, 15) is 9.90 Å². The van der Waals surface area contributed by atoms with Gasteiger partial charge in [0.1, 0.15) is 0 Å². The van der Waals surface area contributed by atoms with Crippen molar-refractivity contribution in [2.24, 2.45) is 0 Å². The highest BCUT2D eigenvalue weighted by atomic mass is 16.4. The topological polar surface area (TPSA) is 40.1 Å². The second-order valence-electron chi connectivity index (χ2n) is 8.10. The molecule has 0 amide bonds. The first-order chi connectivity index (χ1) is 14.7. The molecule has 166 valence electrons. The van der Waals surface area contributed by atoms with Crippen LogP contribution in [0.15, 0.2) is 60.7 Å². The summed E-state index contributed by atoms with van der Waals surface area (Å²) in [5.41, 5.74) is 2.55. The van der Waals surface area contributed by atoms with Crippen LogP contribution in [-0.4, -0.2) is 5.97 Å². The Kier molecular flexibility index (Phi) is 16.4. The largest absolute Gasteiger partial charge is 0.550 e. The summed E-state index contributed by atoms with van der Waals surface area (Å²) < 4.78 is 0. The number of aliphatic carboxylic acids is 1. The Morgan fingerprint density at radius 2 is 0.900 bits per heavy atom. The van der Waals surface area contributed by atoms with Crippen molar-refractivity contribution < 1.29 is 9.90 Å². The number of carboxylic acid groups (broad SMARTS) is 1. The molecular formula is C28H41O2-. The first kappa shape index (κ1) is 25.9. The Hall–Kier alpha value is -2.09. The van der Waals surface area contributed by atoms with Crippen LogP contribution in [0.3, 0.4) is 0 Å². The van der Waals surface area contributed by atoms with E-state index in [-0.39, 0.29) is 6.42 Å². The van der Waals surface area contributed by atoms with Gasteiger partial charge >= 0.3 is 0 Å². The minimum absolute atomic E-state index is 0.234. The van der Waals surface area contributed by atoms with E-state index in [0.717, 1.165) is 12.8 Å². The number of benzene rings is 2. The van der Waals surface area contributed by atoms with Crippen molar-refractivity contribution in [2.45, 2.75) is 96.8 Å². The van der Waals surface area contributed by atoms with Crippen LogP contribution in [-0.2, 0) is 4.79 Å². The molecule has 30 heavy (non-hydrogen) atoms. The van der Waals surface area contributed by atoms with Crippen LogP contribution in [0.4, 0.5) is 0 Å². The van der Waals surface area contributed by atoms with Crippen molar-refractivity contribution >= 4 is 5.97 Å². The lowest BCUT2D eigenvalue weighted by molar-refractivity contribution is -0.305. The molecule has 2 aromatic carbocycles. The first-order valence-corrected chi connectivity index (χ1v) is 12.0. The molecule has 2 heteroatoms. The average molecular weight is 410 g/mol. The van der Waals surface area contributed by atoms with Gasteiger partial charge in [-0.05, 0) is 24.0 Å². The van der Waals surface area contributed by atoms with Crippen LogP contribution in [0.5, 0.6) is 0 Å². The molecule has 0 heterocycles. The molecule has 0 saturated carbocycles. The summed E-state index contributed by atoms with van der Waals surface area (Å²) in [6.07, 6.45) is 16.9. The van der Waals surface area contributed by atoms with E-state index < -0.39 is 5.97 Å². The molecule has 0 radical (unpaired) electrons. The standard InChI is InChI=1S/C16H32O2.C12H10/c1-2-3-4-5-6-7-8-9-10-11-12-13-14-15-16(17)18;1-3-7-11(8-4-1)12-9-5-2-6-10-12/h2-15H2,1H3,(H,17,18);1-10H/p-1. The van der Waals surface area contributed by atoms with Gasteiger partial charge in [-0.3, -0.25) is 0 Å². The molecule has 2 aromatic rings. The van der Waals surface area contributed by atoms with E-state index in [4.69, 9.17) is 0 Å². The molecule has 2 rings (SSSR count). The zero-order chi connectivity index (χ0) is 21.7. The zero-order valence-electron chi connectivity index (χ0n) is 19.0. The molecule has 0 unspecified atom stereocenters. The Morgan fingerprint density at radius 3 is 1.23 bits per heavy atom. The molecule has 0 N–H and O–H groups in total. The predicted octanol–water partition coefficient (Wildman–Crippen LogP) is 7.57. The molecule has 0 saturated heterocycles. The Balaban J connectivity index is 0.000000321. The van der Waals surface area contributed by atoms with Crippen LogP contribution in [0, 0.1) is 0 Å². The lowest BCUT2D eigenvalue weighted by atomic mass is 10.0. The first-order valence-electron chi connectivity index (χ1n) is 12.0. The maximum absolute atomic E-state index is 10.2. The van der Waals surface area contributed by atoms with E-state index in [1.807, 2.05) is 12.1 Å². The van der Waals surface area contributed by atoms with Gasteiger partial charge in [-0.1, -0.05) is 145 Å². The average Bonchev–Trinajstić information content (AvgIpc) is 2.78. The van der Waals surface area contributed by atoms with Crippen molar-refractivity contribution in [3.05, 3.63) is 60.7 Å². The van der Waals surface area contributed by atoms with Crippen LogP contribution >= 0.6 is 0 Å². The summed E-state index contributed by atoms with van der Waals surface area (Å²) >= 11 is 0. The van der Waals surface area contributed by atoms with Gasteiger partial charge < -0.3 is 9.90 Å². The van der Waals surface area contributed by atoms with Gasteiger partial charge in [-0.25, -0.2) is 0 Å². The van der Waals surface area contributed by atoms with Gasteiger partial charge in [0.25, 0.3) is 0 Å². The molecule has 0 aliphatic rings. The highest BCUT2D eigenvalue weighted by molar-refractivity contribution is 5.64. The van der Waals surface area contributed by atoms with E-state index in [1.54, 1.807) is 0 Å². The monoisotopic (exact) mass is 409 g/mol. The smallest absolute Gasteiger partial charge is 0.0414 e. The van der Waals surface area contributed by atoms with Gasteiger partial charge in [0, 0.05) is 5.97 Å². The number of hydrogen-bond acceptors (Lipinski definition) is 2. The minimum atomic E-state index is -0.905. The third-order valence-electron chi connectivity index (χ3n) is 5.37. The van der Waals surface area contributed by atoms with Crippen molar-refractivity contribution in [3.63, 3.8) is 0 Å². The van der Waals surface area contributed by atoms with E-state index in [2.05, 4.69) is 55.5 Å². The fourth-order valence-electron chi connectivity index (χ4n) is 3.55. The number of hydrogen-bond donors (Lipinski definition) is 0. The lowest BCUT2D eigenvalue weighted by Crippen LogP contribution is -2.21. The second-order valence-corrected chi connectivity index (χ2v) is 8.10. The maximum atomic E-state index is 10.2. The summed E-state index contributed by atoms with van der Waals surface area (Å²) in [7, 11) is 0. The summed E-state index contributed by atoms with van der Waals surface area (Å²) in [6.45, 7) is 2.26. The molecule has 0 aromatic heterocycles. The summed E-state index contributed by atoms with van der Waals surface area (Å²) in [4.78, 5) is 10.2. The Labute approximate surface area is 184 Å². The number of carbonyl (C=O) groups is 1. The maximum Gasteiger partial charge on any atom is 0.0414 e. The Morgan fingerprint density at radius 1 is 0.567 bits per heavy atom. The molecule has 2 nitrogen and oxygen atoms in total. The van der Waals surface area contributed by atoms with Gasteiger partial charge in [0.05, 0.1) is 0 Å². The van der Waals surface area contributed by atoms with E-state index in [0.29, 0.717) is 0 Å². The fourth-order valence-corrected chi connectivity index (χ4v) is 3.55. The third-order valence-corrected chi connectivity index (χ3v) is 5.37. The highest BCUT2D eigenvalue weighted by Gasteiger charge is 1.94. The van der Waals surface area contributed by atoms with Crippen LogP contribution in [0.2, 0.25) is 0 Å². The van der Waals surface area contributed by atoms with Crippen molar-refractivity contribution in [1.29, 1.82) is 0 Å². The van der Waals surface area contributed by atoms with Crippen LogP contribution in [0.25, 0.3) is 11.1 Å². The number of unbranched alkanes of at least 4 members (excludes halogenated alkanes) is 12. The molecule has 0 atom stereocenters. The van der Waals surface area contributed by atoms with Crippen molar-refractivity contribution in [1.82, 2.24) is 0 Å². The fraction of sp³-hybridized carbons (Fsp3) is 0.536. The Bertz CT molecular complexity index is 584. The number of rotatable bonds is 15. The van der Waals surface area contributed by atoms with Gasteiger partial charge in [0.15, 0.2) is 0 Å². The van der Waals surface area contributed by atoms with Crippen molar-refractivity contribution in [3.8, 4) is 11.1 Å². The van der Waals surface area contributed by atoms with Gasteiger partial charge in [0.2, 0.25) is 0 Å². The van der Waals surface area contributed by atoms with Gasteiger partial charge in [-0.15, -0.1) is 0 Å². The van der Waals surface area contributed by atoms with E-state index >= 15 is 0 Å². The lowest BCUT2D eigenvalue weighted by Gasteiger charge is -2.03. The van der Waals surface area contributed by atoms with E-state index in [1.165, 1.54) is 81.8 Å². The molecule has 0 spiro atoms. The highest BCUT2D eigenvalue weighted by Crippen LogP contribution is 2.17. The normalized spacial score (nSPS) is 10.3. The van der Waals surface area contributed by atoms with Crippen LogP contribution < -0.4 is 5.11 Å². The van der Waals surface area contributed by atoms with Gasteiger partial charge in [-0.2, -0.15) is 0 Å². The third kappa shape index (κ3) is 14.8. The predicted molar refractivity (Wildman–Crippen MR) is 127 cm³/mol. The molecule has 0 aliphatic carbocycles. The van der Waals surface area contributed by atoms with Crippen LogP contribution in [0.1, 0.15) is 96.8 Å². The summed E-state index contributed by atoms with van der Waals surface area (Å²) in [5, 5.41) is 10.2. The molecule has 0 bridgehead atoms. The molecule has 0 aliphatic heterocycles. The molecular weight excluding hydrogens is 368 g/mol. The molecule has 0 fully saturated rings.